The van der Waals surface area contributed by atoms with Crippen molar-refractivity contribution in [2.24, 2.45) is 0 Å². The summed E-state index contributed by atoms with van der Waals surface area (Å²) < 4.78 is 6.40. The minimum absolute atomic E-state index is 0.678. The third-order valence-corrected chi connectivity index (χ3v) is 3.10. The monoisotopic (exact) mass is 360 g/mol. The Morgan fingerprint density at radius 3 is 2.83 bits per heavy atom. The molecule has 0 radical (unpaired) electrons. The van der Waals surface area contributed by atoms with Crippen LogP contribution in [0.3, 0.4) is 0 Å². The number of ether oxygens (including phenoxy) is 1. The smallest absolute Gasteiger partial charge is 0.120 e. The minimum atomic E-state index is 0.678. The lowest BCUT2D eigenvalue weighted by Crippen LogP contribution is -1.97. The van der Waals surface area contributed by atoms with Crippen LogP contribution in [0.25, 0.3) is 0 Å². The molecule has 66 valence electrons. The molecule has 1 aromatic rings. The van der Waals surface area contributed by atoms with E-state index >= 15 is 0 Å². The largest absolute Gasteiger partial charge is 0.493 e. The third-order valence-electron chi connectivity index (χ3n) is 1.24. The summed E-state index contributed by atoms with van der Waals surface area (Å²) in [4.78, 5) is 0. The summed E-state index contributed by atoms with van der Waals surface area (Å²) in [6.45, 7) is 0.678. The first kappa shape index (κ1) is 10.6. The highest BCUT2D eigenvalue weighted by Gasteiger charge is 1.98. The van der Waals surface area contributed by atoms with E-state index in [-0.39, 0.29) is 0 Å². The molecule has 0 spiro atoms. The Morgan fingerprint density at radius 1 is 1.50 bits per heavy atom. The van der Waals surface area contributed by atoms with Gasteiger partial charge in [0, 0.05) is 8.90 Å². The average Bonchev–Trinajstić information content (AvgIpc) is 2.07. The molecule has 0 unspecified atom stereocenters. The molecule has 0 saturated carbocycles. The lowest BCUT2D eigenvalue weighted by atomic mass is 10.3. The topological polar surface area (TPSA) is 9.23 Å². The van der Waals surface area contributed by atoms with Crippen molar-refractivity contribution in [3.8, 4) is 5.75 Å². The first-order chi connectivity index (χ1) is 5.74. The Bertz CT molecular complexity index is 267. The van der Waals surface area contributed by atoms with Gasteiger partial charge in [-0.05, 0) is 40.8 Å². The van der Waals surface area contributed by atoms with Gasteiger partial charge in [-0.2, -0.15) is 0 Å². The number of hydrogen-bond donors (Lipinski definition) is 0. The Hall–Kier alpha value is 0.520. The Morgan fingerprint density at radius 2 is 2.25 bits per heavy atom. The second-order valence-electron chi connectivity index (χ2n) is 2.11. The van der Waals surface area contributed by atoms with E-state index in [1.807, 2.05) is 18.2 Å². The molecular formula is C8H7BrClIO. The fraction of sp³-hybridized carbons (Fsp3) is 0.250. The van der Waals surface area contributed by atoms with Crippen LogP contribution in [0.2, 0.25) is 5.02 Å². The molecule has 4 heteroatoms. The molecule has 1 rings (SSSR count). The SMILES string of the molecule is Clc1ccc(OCCBr)cc1I. The summed E-state index contributed by atoms with van der Waals surface area (Å²) in [5, 5.41) is 1.61. The summed E-state index contributed by atoms with van der Waals surface area (Å²) in [6, 6.07) is 5.63. The zero-order valence-electron chi connectivity index (χ0n) is 6.19. The number of hydrogen-bond acceptors (Lipinski definition) is 1. The van der Waals surface area contributed by atoms with Gasteiger partial charge >= 0.3 is 0 Å². The van der Waals surface area contributed by atoms with Crippen LogP contribution in [0.5, 0.6) is 5.75 Å². The van der Waals surface area contributed by atoms with Crippen LogP contribution in [0.4, 0.5) is 0 Å². The predicted molar refractivity (Wildman–Crippen MR) is 63.5 cm³/mol. The van der Waals surface area contributed by atoms with Gasteiger partial charge in [0.15, 0.2) is 0 Å². The Labute approximate surface area is 98.7 Å². The van der Waals surface area contributed by atoms with E-state index in [1.54, 1.807) is 0 Å². The first-order valence-corrected chi connectivity index (χ1v) is 5.95. The van der Waals surface area contributed by atoms with Gasteiger partial charge in [0.05, 0.1) is 11.6 Å². The van der Waals surface area contributed by atoms with Crippen molar-refractivity contribution in [3.05, 3.63) is 26.8 Å². The van der Waals surface area contributed by atoms with Gasteiger partial charge < -0.3 is 4.74 Å². The third kappa shape index (κ3) is 3.11. The van der Waals surface area contributed by atoms with E-state index in [4.69, 9.17) is 16.3 Å². The maximum Gasteiger partial charge on any atom is 0.120 e. The Kier molecular flexibility index (Phi) is 4.68. The maximum atomic E-state index is 5.84. The minimum Gasteiger partial charge on any atom is -0.493 e. The molecule has 0 aliphatic heterocycles. The molecule has 0 atom stereocenters. The van der Waals surface area contributed by atoms with Crippen molar-refractivity contribution in [3.63, 3.8) is 0 Å². The van der Waals surface area contributed by atoms with Crippen molar-refractivity contribution in [1.29, 1.82) is 0 Å². The highest BCUT2D eigenvalue weighted by Crippen LogP contribution is 2.23. The first-order valence-electron chi connectivity index (χ1n) is 3.38. The summed E-state index contributed by atoms with van der Waals surface area (Å²) in [7, 11) is 0. The molecule has 1 aromatic carbocycles. The standard InChI is InChI=1S/C8H7BrClIO/c9-3-4-12-6-1-2-7(10)8(11)5-6/h1-2,5H,3-4H2. The number of rotatable bonds is 3. The lowest BCUT2D eigenvalue weighted by molar-refractivity contribution is 0.345. The second kappa shape index (κ2) is 5.29. The van der Waals surface area contributed by atoms with Crippen molar-refractivity contribution >= 4 is 50.1 Å². The summed E-state index contributed by atoms with van der Waals surface area (Å²) in [6.07, 6.45) is 0. The van der Waals surface area contributed by atoms with Gasteiger partial charge in [-0.3, -0.25) is 0 Å². The number of benzene rings is 1. The second-order valence-corrected chi connectivity index (χ2v) is 4.48. The van der Waals surface area contributed by atoms with Crippen LogP contribution >= 0.6 is 50.1 Å². The van der Waals surface area contributed by atoms with Gasteiger partial charge in [0.25, 0.3) is 0 Å². The van der Waals surface area contributed by atoms with E-state index in [0.717, 1.165) is 19.7 Å². The van der Waals surface area contributed by atoms with Gasteiger partial charge in [-0.25, -0.2) is 0 Å². The van der Waals surface area contributed by atoms with E-state index in [1.165, 1.54) is 0 Å². The fourth-order valence-electron chi connectivity index (χ4n) is 0.723. The summed E-state index contributed by atoms with van der Waals surface area (Å²) in [5.41, 5.74) is 0. The van der Waals surface area contributed by atoms with Crippen LogP contribution in [0.1, 0.15) is 0 Å². The molecule has 0 aliphatic rings. The number of alkyl halides is 1. The van der Waals surface area contributed by atoms with Crippen LogP contribution in [-0.2, 0) is 0 Å². The molecule has 0 bridgehead atoms. The fourth-order valence-corrected chi connectivity index (χ4v) is 1.49. The summed E-state index contributed by atoms with van der Waals surface area (Å²) >= 11 is 11.3. The molecule has 0 fully saturated rings. The van der Waals surface area contributed by atoms with Crippen LogP contribution in [0.15, 0.2) is 18.2 Å². The number of halogens is 3. The lowest BCUT2D eigenvalue weighted by Gasteiger charge is -2.04. The molecule has 0 aliphatic carbocycles. The molecule has 0 amide bonds. The van der Waals surface area contributed by atoms with E-state index in [0.29, 0.717) is 6.61 Å². The average molecular weight is 361 g/mol. The highest BCUT2D eigenvalue weighted by atomic mass is 127. The predicted octanol–water partition coefficient (Wildman–Crippen LogP) is 3.72. The highest BCUT2D eigenvalue weighted by molar-refractivity contribution is 14.1. The molecule has 0 N–H and O–H groups in total. The van der Waals surface area contributed by atoms with Crippen molar-refractivity contribution < 1.29 is 4.74 Å². The van der Waals surface area contributed by atoms with Crippen molar-refractivity contribution in [2.45, 2.75) is 0 Å². The van der Waals surface area contributed by atoms with Crippen LogP contribution in [-0.4, -0.2) is 11.9 Å². The summed E-state index contributed by atoms with van der Waals surface area (Å²) in [5.74, 6) is 0.864. The van der Waals surface area contributed by atoms with Crippen LogP contribution < -0.4 is 4.74 Å². The van der Waals surface area contributed by atoms with Gasteiger partial charge in [-0.1, -0.05) is 27.5 Å². The quantitative estimate of drug-likeness (QED) is 0.589. The zero-order chi connectivity index (χ0) is 8.97. The Balaban J connectivity index is 2.69. The molecule has 0 saturated heterocycles. The molecule has 0 heterocycles. The van der Waals surface area contributed by atoms with E-state index in [2.05, 4.69) is 38.5 Å². The van der Waals surface area contributed by atoms with Gasteiger partial charge in [0.2, 0.25) is 0 Å². The maximum absolute atomic E-state index is 5.84. The van der Waals surface area contributed by atoms with Crippen molar-refractivity contribution in [1.82, 2.24) is 0 Å². The molecule has 1 nitrogen and oxygen atoms in total. The zero-order valence-corrected chi connectivity index (χ0v) is 10.7. The van der Waals surface area contributed by atoms with E-state index < -0.39 is 0 Å². The molecule has 0 aromatic heterocycles. The van der Waals surface area contributed by atoms with E-state index in [9.17, 15) is 0 Å². The van der Waals surface area contributed by atoms with Gasteiger partial charge in [0.1, 0.15) is 5.75 Å². The molecule has 12 heavy (non-hydrogen) atoms. The molecular weight excluding hydrogens is 354 g/mol. The normalized spacial score (nSPS) is 9.92. The van der Waals surface area contributed by atoms with Crippen molar-refractivity contribution in [2.75, 3.05) is 11.9 Å². The van der Waals surface area contributed by atoms with Crippen LogP contribution in [0, 0.1) is 3.57 Å². The van der Waals surface area contributed by atoms with Gasteiger partial charge in [-0.15, -0.1) is 0 Å².